The quantitative estimate of drug-likeness (QED) is 0.736. The predicted molar refractivity (Wildman–Crippen MR) is 59.1 cm³/mol. The summed E-state index contributed by atoms with van der Waals surface area (Å²) in [7, 11) is 1.87. The highest BCUT2D eigenvalue weighted by atomic mass is 15.3. The largest absolute Gasteiger partial charge is 0.295 e. The van der Waals surface area contributed by atoms with Gasteiger partial charge < -0.3 is 0 Å². The molecule has 0 saturated heterocycles. The monoisotopic (exact) mass is 204 g/mol. The lowest BCUT2D eigenvalue weighted by molar-refractivity contribution is 0.676. The number of aromatic nitrogens is 2. The molecular weight excluding hydrogens is 188 g/mol. The number of nitriles is 1. The van der Waals surface area contributed by atoms with Gasteiger partial charge in [0.15, 0.2) is 0 Å². The van der Waals surface area contributed by atoms with E-state index in [1.54, 1.807) is 10.8 Å². The standard InChI is InChI=1S/C11H16N4/c1-4-6-13-11(7-12)9-8-15(3)14-10(9)5-2/h4,8,11,13H,1,5-6H2,2-3H3. The molecule has 0 saturated carbocycles. The minimum Gasteiger partial charge on any atom is -0.295 e. The van der Waals surface area contributed by atoms with E-state index in [2.05, 4.69) is 23.1 Å². The average molecular weight is 204 g/mol. The molecule has 0 aromatic carbocycles. The van der Waals surface area contributed by atoms with Crippen LogP contribution in [0.5, 0.6) is 0 Å². The Morgan fingerprint density at radius 3 is 3.07 bits per heavy atom. The molecule has 4 heteroatoms. The maximum Gasteiger partial charge on any atom is 0.124 e. The van der Waals surface area contributed by atoms with Crippen LogP contribution in [-0.4, -0.2) is 16.3 Å². The van der Waals surface area contributed by atoms with Crippen molar-refractivity contribution in [3.05, 3.63) is 30.1 Å². The fourth-order valence-corrected chi connectivity index (χ4v) is 1.50. The second-order valence-corrected chi connectivity index (χ2v) is 3.32. The molecule has 0 aliphatic rings. The molecule has 0 fully saturated rings. The van der Waals surface area contributed by atoms with Crippen LogP contribution >= 0.6 is 0 Å². The molecule has 1 rings (SSSR count). The van der Waals surface area contributed by atoms with E-state index in [9.17, 15) is 0 Å². The van der Waals surface area contributed by atoms with Crippen molar-refractivity contribution in [3.63, 3.8) is 0 Å². The molecule has 0 bridgehead atoms. The first kappa shape index (κ1) is 11.5. The summed E-state index contributed by atoms with van der Waals surface area (Å²) in [5, 5.41) is 16.4. The Morgan fingerprint density at radius 2 is 2.53 bits per heavy atom. The smallest absolute Gasteiger partial charge is 0.124 e. The van der Waals surface area contributed by atoms with Crippen LogP contribution in [-0.2, 0) is 13.5 Å². The van der Waals surface area contributed by atoms with E-state index in [1.807, 2.05) is 20.2 Å². The van der Waals surface area contributed by atoms with Crippen LogP contribution in [0.1, 0.15) is 24.2 Å². The molecule has 0 radical (unpaired) electrons. The van der Waals surface area contributed by atoms with Crippen molar-refractivity contribution in [2.45, 2.75) is 19.4 Å². The van der Waals surface area contributed by atoms with Gasteiger partial charge in [-0.25, -0.2) is 0 Å². The normalized spacial score (nSPS) is 12.1. The van der Waals surface area contributed by atoms with E-state index in [4.69, 9.17) is 5.26 Å². The van der Waals surface area contributed by atoms with E-state index in [0.717, 1.165) is 17.7 Å². The summed E-state index contributed by atoms with van der Waals surface area (Å²) in [5.41, 5.74) is 1.94. The Kier molecular flexibility index (Phi) is 4.07. The highest BCUT2D eigenvalue weighted by Gasteiger charge is 2.15. The van der Waals surface area contributed by atoms with Gasteiger partial charge in [-0.2, -0.15) is 10.4 Å². The summed E-state index contributed by atoms with van der Waals surface area (Å²) in [5.74, 6) is 0. The third-order valence-electron chi connectivity index (χ3n) is 2.18. The lowest BCUT2D eigenvalue weighted by Gasteiger charge is -2.08. The zero-order chi connectivity index (χ0) is 11.3. The van der Waals surface area contributed by atoms with E-state index in [1.165, 1.54) is 0 Å². The Bertz CT molecular complexity index is 372. The topological polar surface area (TPSA) is 53.6 Å². The van der Waals surface area contributed by atoms with E-state index in [-0.39, 0.29) is 6.04 Å². The second-order valence-electron chi connectivity index (χ2n) is 3.32. The first-order valence-electron chi connectivity index (χ1n) is 4.99. The Hall–Kier alpha value is -1.60. The molecule has 1 aromatic heterocycles. The molecule has 4 nitrogen and oxygen atoms in total. The van der Waals surface area contributed by atoms with Crippen LogP contribution in [0.25, 0.3) is 0 Å². The van der Waals surface area contributed by atoms with E-state index in [0.29, 0.717) is 6.54 Å². The van der Waals surface area contributed by atoms with Gasteiger partial charge in [0.05, 0.1) is 11.8 Å². The van der Waals surface area contributed by atoms with Crippen molar-refractivity contribution in [3.8, 4) is 6.07 Å². The van der Waals surface area contributed by atoms with Gasteiger partial charge >= 0.3 is 0 Å². The zero-order valence-electron chi connectivity index (χ0n) is 9.20. The zero-order valence-corrected chi connectivity index (χ0v) is 9.20. The van der Waals surface area contributed by atoms with Crippen LogP contribution in [0.2, 0.25) is 0 Å². The predicted octanol–water partition coefficient (Wildman–Crippen LogP) is 1.32. The third-order valence-corrected chi connectivity index (χ3v) is 2.18. The molecule has 15 heavy (non-hydrogen) atoms. The molecule has 1 atom stereocenters. The Morgan fingerprint density at radius 1 is 1.80 bits per heavy atom. The van der Waals surface area contributed by atoms with Gasteiger partial charge in [-0.1, -0.05) is 13.0 Å². The average Bonchev–Trinajstić information content (AvgIpc) is 2.61. The lowest BCUT2D eigenvalue weighted by atomic mass is 10.1. The molecule has 1 aromatic rings. The van der Waals surface area contributed by atoms with Crippen LogP contribution in [0.15, 0.2) is 18.9 Å². The molecule has 1 unspecified atom stereocenters. The summed E-state index contributed by atoms with van der Waals surface area (Å²) < 4.78 is 1.74. The van der Waals surface area contributed by atoms with Gasteiger partial charge in [0, 0.05) is 25.4 Å². The highest BCUT2D eigenvalue weighted by Crippen LogP contribution is 2.16. The van der Waals surface area contributed by atoms with Gasteiger partial charge in [-0.05, 0) is 6.42 Å². The van der Waals surface area contributed by atoms with Gasteiger partial charge in [0.25, 0.3) is 0 Å². The third kappa shape index (κ3) is 2.67. The number of hydrogen-bond acceptors (Lipinski definition) is 3. The number of aryl methyl sites for hydroxylation is 2. The first-order chi connectivity index (χ1) is 7.22. The number of nitrogens with zero attached hydrogens (tertiary/aromatic N) is 3. The molecule has 1 N–H and O–H groups in total. The lowest BCUT2D eigenvalue weighted by Crippen LogP contribution is -2.20. The minimum absolute atomic E-state index is 0.299. The van der Waals surface area contributed by atoms with Crippen molar-refractivity contribution in [2.24, 2.45) is 7.05 Å². The first-order valence-corrected chi connectivity index (χ1v) is 4.99. The second kappa shape index (κ2) is 5.32. The Labute approximate surface area is 90.2 Å². The Balaban J connectivity index is 2.90. The summed E-state index contributed by atoms with van der Waals surface area (Å²) in [6, 6.07) is 1.93. The van der Waals surface area contributed by atoms with E-state index >= 15 is 0 Å². The van der Waals surface area contributed by atoms with Crippen molar-refractivity contribution >= 4 is 0 Å². The summed E-state index contributed by atoms with van der Waals surface area (Å²) in [4.78, 5) is 0. The summed E-state index contributed by atoms with van der Waals surface area (Å²) in [6.07, 6.45) is 4.47. The molecule has 0 aliphatic carbocycles. The molecule has 0 spiro atoms. The minimum atomic E-state index is -0.299. The van der Waals surface area contributed by atoms with Gasteiger partial charge in [-0.3, -0.25) is 10.00 Å². The summed E-state index contributed by atoms with van der Waals surface area (Å²) >= 11 is 0. The fraction of sp³-hybridized carbons (Fsp3) is 0.455. The van der Waals surface area contributed by atoms with Crippen molar-refractivity contribution in [1.29, 1.82) is 5.26 Å². The molecular formula is C11H16N4. The summed E-state index contributed by atoms with van der Waals surface area (Å²) in [6.45, 7) is 6.27. The molecule has 1 heterocycles. The highest BCUT2D eigenvalue weighted by molar-refractivity contribution is 5.26. The van der Waals surface area contributed by atoms with Crippen LogP contribution in [0.3, 0.4) is 0 Å². The van der Waals surface area contributed by atoms with Crippen LogP contribution < -0.4 is 5.32 Å². The fourth-order valence-electron chi connectivity index (χ4n) is 1.50. The molecule has 80 valence electrons. The van der Waals surface area contributed by atoms with Crippen molar-refractivity contribution < 1.29 is 0 Å². The maximum atomic E-state index is 9.05. The molecule has 0 aliphatic heterocycles. The van der Waals surface area contributed by atoms with Crippen LogP contribution in [0, 0.1) is 11.3 Å². The van der Waals surface area contributed by atoms with Crippen molar-refractivity contribution in [1.82, 2.24) is 15.1 Å². The number of rotatable bonds is 5. The van der Waals surface area contributed by atoms with Crippen LogP contribution in [0.4, 0.5) is 0 Å². The van der Waals surface area contributed by atoms with E-state index < -0.39 is 0 Å². The van der Waals surface area contributed by atoms with Gasteiger partial charge in [-0.15, -0.1) is 6.58 Å². The molecule has 0 amide bonds. The van der Waals surface area contributed by atoms with Gasteiger partial charge in [0.1, 0.15) is 6.04 Å². The number of nitrogens with one attached hydrogen (secondary N) is 1. The SMILES string of the molecule is C=CCNC(C#N)c1cn(C)nc1CC. The maximum absolute atomic E-state index is 9.05. The number of hydrogen-bond donors (Lipinski definition) is 1. The van der Waals surface area contributed by atoms with Crippen molar-refractivity contribution in [2.75, 3.05) is 6.54 Å². The van der Waals surface area contributed by atoms with Gasteiger partial charge in [0.2, 0.25) is 0 Å².